The van der Waals surface area contributed by atoms with Gasteiger partial charge in [-0.2, -0.15) is 0 Å². The third-order valence-electron chi connectivity index (χ3n) is 2.26. The van der Waals surface area contributed by atoms with E-state index in [-0.39, 0.29) is 18.9 Å². The monoisotopic (exact) mass is 279 g/mol. The molecule has 6 nitrogen and oxygen atoms in total. The summed E-state index contributed by atoms with van der Waals surface area (Å²) in [7, 11) is 0. The van der Waals surface area contributed by atoms with Gasteiger partial charge in [0, 0.05) is 12.6 Å². The molecular weight excluding hydrogens is 262 g/mol. The Kier molecular flexibility index (Phi) is 6.22. The maximum absolute atomic E-state index is 11.7. The van der Waals surface area contributed by atoms with Gasteiger partial charge in [0.25, 0.3) is 0 Å². The lowest BCUT2D eigenvalue weighted by molar-refractivity contribution is -0.143. The molecular formula is C14H17NO5. The zero-order valence-corrected chi connectivity index (χ0v) is 11.5. The minimum atomic E-state index is -0.554. The maximum Gasteiger partial charge on any atom is 0.338 e. The van der Waals surface area contributed by atoms with Crippen LogP contribution in [-0.4, -0.2) is 31.1 Å². The molecule has 0 bridgehead atoms. The molecule has 0 atom stereocenters. The third kappa shape index (κ3) is 5.51. The van der Waals surface area contributed by atoms with Gasteiger partial charge in [-0.1, -0.05) is 6.07 Å². The van der Waals surface area contributed by atoms with Crippen LogP contribution >= 0.6 is 0 Å². The molecule has 0 fully saturated rings. The highest BCUT2D eigenvalue weighted by Gasteiger charge is 2.10. The Labute approximate surface area is 117 Å². The number of carbonyl (C=O) groups is 3. The van der Waals surface area contributed by atoms with E-state index in [0.717, 1.165) is 0 Å². The molecule has 6 heteroatoms. The van der Waals surface area contributed by atoms with Gasteiger partial charge in [0.05, 0.1) is 18.6 Å². The van der Waals surface area contributed by atoms with E-state index in [1.54, 1.807) is 25.1 Å². The molecule has 108 valence electrons. The van der Waals surface area contributed by atoms with Crippen molar-refractivity contribution in [1.29, 1.82) is 0 Å². The quantitative estimate of drug-likeness (QED) is 0.802. The van der Waals surface area contributed by atoms with Gasteiger partial charge in [-0.15, -0.1) is 0 Å². The van der Waals surface area contributed by atoms with Gasteiger partial charge in [-0.05, 0) is 25.1 Å². The predicted octanol–water partition coefficient (Wildman–Crippen LogP) is 1.75. The summed E-state index contributed by atoms with van der Waals surface area (Å²) in [4.78, 5) is 33.7. The number of benzene rings is 1. The van der Waals surface area contributed by atoms with Crippen LogP contribution in [0.3, 0.4) is 0 Å². The summed E-state index contributed by atoms with van der Waals surface area (Å²) in [6, 6.07) is 6.37. The van der Waals surface area contributed by atoms with Crippen molar-refractivity contribution in [3.05, 3.63) is 29.8 Å². The van der Waals surface area contributed by atoms with Gasteiger partial charge in [0.1, 0.15) is 6.61 Å². The van der Waals surface area contributed by atoms with E-state index < -0.39 is 11.9 Å². The van der Waals surface area contributed by atoms with Crippen molar-refractivity contribution in [2.75, 3.05) is 18.5 Å². The number of ether oxygens (including phenoxy) is 2. The average molecular weight is 279 g/mol. The van der Waals surface area contributed by atoms with Gasteiger partial charge in [-0.3, -0.25) is 9.59 Å². The number of amides is 1. The zero-order valence-electron chi connectivity index (χ0n) is 11.5. The van der Waals surface area contributed by atoms with Gasteiger partial charge in [-0.25, -0.2) is 4.79 Å². The van der Waals surface area contributed by atoms with Crippen LogP contribution in [0.25, 0.3) is 0 Å². The van der Waals surface area contributed by atoms with E-state index in [9.17, 15) is 14.4 Å². The van der Waals surface area contributed by atoms with Crippen molar-refractivity contribution in [2.45, 2.75) is 20.3 Å². The fourth-order valence-electron chi connectivity index (χ4n) is 1.47. The Morgan fingerprint density at radius 3 is 2.60 bits per heavy atom. The number of hydrogen-bond donors (Lipinski definition) is 1. The lowest BCUT2D eigenvalue weighted by atomic mass is 10.2. The summed E-state index contributed by atoms with van der Waals surface area (Å²) < 4.78 is 9.67. The number of carbonyl (C=O) groups excluding carboxylic acids is 3. The highest BCUT2D eigenvalue weighted by Crippen LogP contribution is 2.11. The Balaban J connectivity index is 2.51. The van der Waals surface area contributed by atoms with Crippen molar-refractivity contribution in [3.63, 3.8) is 0 Å². The second-order valence-corrected chi connectivity index (χ2v) is 3.95. The summed E-state index contributed by atoms with van der Waals surface area (Å²) >= 11 is 0. The molecule has 0 saturated heterocycles. The fraction of sp³-hybridized carbons (Fsp3) is 0.357. The molecule has 0 aliphatic carbocycles. The zero-order chi connectivity index (χ0) is 15.0. The average Bonchev–Trinajstić information content (AvgIpc) is 2.38. The fourth-order valence-corrected chi connectivity index (χ4v) is 1.47. The molecule has 0 heterocycles. The molecule has 0 radical (unpaired) electrons. The maximum atomic E-state index is 11.7. The number of nitrogens with one attached hydrogen (secondary N) is 1. The first-order chi connectivity index (χ1) is 9.52. The standard InChI is InChI=1S/C14H17NO5/c1-3-19-13(17)7-8-20-14(18)11-5-4-6-12(9-11)15-10(2)16/h4-6,9H,3,7-8H2,1-2H3,(H,15,16). The molecule has 20 heavy (non-hydrogen) atoms. The molecule has 1 amide bonds. The van der Waals surface area contributed by atoms with E-state index >= 15 is 0 Å². The summed E-state index contributed by atoms with van der Waals surface area (Å²) in [5, 5.41) is 2.57. The van der Waals surface area contributed by atoms with Gasteiger partial charge in [0.2, 0.25) is 5.91 Å². The Morgan fingerprint density at radius 2 is 1.95 bits per heavy atom. The first-order valence-electron chi connectivity index (χ1n) is 6.23. The summed E-state index contributed by atoms with van der Waals surface area (Å²) in [5.41, 5.74) is 0.817. The summed E-state index contributed by atoms with van der Waals surface area (Å²) in [6.07, 6.45) is 0.0188. The number of rotatable bonds is 6. The smallest absolute Gasteiger partial charge is 0.338 e. The molecule has 0 aliphatic rings. The molecule has 1 aromatic carbocycles. The topological polar surface area (TPSA) is 81.7 Å². The minimum Gasteiger partial charge on any atom is -0.466 e. The van der Waals surface area contributed by atoms with Crippen molar-refractivity contribution in [2.24, 2.45) is 0 Å². The van der Waals surface area contributed by atoms with Crippen LogP contribution in [0.5, 0.6) is 0 Å². The normalized spacial score (nSPS) is 9.70. The number of anilines is 1. The summed E-state index contributed by atoms with van der Waals surface area (Å²) in [5.74, 6) is -1.19. The minimum absolute atomic E-state index is 0.0188. The van der Waals surface area contributed by atoms with E-state index in [1.807, 2.05) is 0 Å². The Hall–Kier alpha value is -2.37. The second-order valence-electron chi connectivity index (χ2n) is 3.95. The van der Waals surface area contributed by atoms with Crippen LogP contribution in [0.4, 0.5) is 5.69 Å². The third-order valence-corrected chi connectivity index (χ3v) is 2.26. The van der Waals surface area contributed by atoms with Gasteiger partial charge in [0.15, 0.2) is 0 Å². The highest BCUT2D eigenvalue weighted by atomic mass is 16.5. The lowest BCUT2D eigenvalue weighted by Crippen LogP contribution is -2.12. The van der Waals surface area contributed by atoms with E-state index in [0.29, 0.717) is 17.9 Å². The molecule has 0 saturated carbocycles. The SMILES string of the molecule is CCOC(=O)CCOC(=O)c1cccc(NC(C)=O)c1. The van der Waals surface area contributed by atoms with Crippen molar-refractivity contribution >= 4 is 23.5 Å². The van der Waals surface area contributed by atoms with Crippen LogP contribution in [-0.2, 0) is 19.1 Å². The number of esters is 2. The van der Waals surface area contributed by atoms with E-state index in [1.165, 1.54) is 13.0 Å². The van der Waals surface area contributed by atoms with E-state index in [4.69, 9.17) is 9.47 Å². The Morgan fingerprint density at radius 1 is 1.20 bits per heavy atom. The molecule has 0 unspecified atom stereocenters. The van der Waals surface area contributed by atoms with Crippen molar-refractivity contribution < 1.29 is 23.9 Å². The van der Waals surface area contributed by atoms with Gasteiger partial charge >= 0.3 is 11.9 Å². The van der Waals surface area contributed by atoms with Crippen LogP contribution in [0.2, 0.25) is 0 Å². The van der Waals surface area contributed by atoms with E-state index in [2.05, 4.69) is 5.32 Å². The van der Waals surface area contributed by atoms with Crippen LogP contribution in [0.1, 0.15) is 30.6 Å². The van der Waals surface area contributed by atoms with Crippen molar-refractivity contribution in [1.82, 2.24) is 0 Å². The summed E-state index contributed by atoms with van der Waals surface area (Å²) in [6.45, 7) is 3.34. The van der Waals surface area contributed by atoms with Crippen LogP contribution in [0, 0.1) is 0 Å². The largest absolute Gasteiger partial charge is 0.466 e. The van der Waals surface area contributed by atoms with Crippen LogP contribution < -0.4 is 5.32 Å². The lowest BCUT2D eigenvalue weighted by Gasteiger charge is -2.06. The molecule has 1 rings (SSSR count). The predicted molar refractivity (Wildman–Crippen MR) is 72.3 cm³/mol. The molecule has 1 N–H and O–H groups in total. The first-order valence-corrected chi connectivity index (χ1v) is 6.23. The molecule has 1 aromatic rings. The van der Waals surface area contributed by atoms with Crippen molar-refractivity contribution in [3.8, 4) is 0 Å². The molecule has 0 aliphatic heterocycles. The first kappa shape index (κ1) is 15.7. The highest BCUT2D eigenvalue weighted by molar-refractivity contribution is 5.93. The molecule has 0 spiro atoms. The molecule has 0 aromatic heterocycles. The second kappa shape index (κ2) is 7.93. The van der Waals surface area contributed by atoms with Gasteiger partial charge < -0.3 is 14.8 Å². The van der Waals surface area contributed by atoms with Crippen LogP contribution in [0.15, 0.2) is 24.3 Å². The Bertz CT molecular complexity index is 498. The number of hydrogen-bond acceptors (Lipinski definition) is 5.